The molecule has 1 amide bonds. The van der Waals surface area contributed by atoms with Crippen LogP contribution >= 0.6 is 23.4 Å². The van der Waals surface area contributed by atoms with Crippen LogP contribution < -0.4 is 5.32 Å². The maximum atomic E-state index is 11.9. The zero-order valence-corrected chi connectivity index (χ0v) is 14.0. The van der Waals surface area contributed by atoms with Gasteiger partial charge in [0.2, 0.25) is 5.91 Å². The van der Waals surface area contributed by atoms with Crippen molar-refractivity contribution in [1.29, 1.82) is 0 Å². The van der Waals surface area contributed by atoms with Crippen molar-refractivity contribution in [3.63, 3.8) is 0 Å². The van der Waals surface area contributed by atoms with E-state index < -0.39 is 4.92 Å². The SMILES string of the molecule is Cc1ccccc1CSCC(=O)Nc1ccc(Cl)c([N+](=O)[O-])c1. The average molecular weight is 351 g/mol. The van der Waals surface area contributed by atoms with Gasteiger partial charge in [0.05, 0.1) is 10.7 Å². The number of nitrogens with one attached hydrogen (secondary N) is 1. The molecule has 0 spiro atoms. The number of carbonyl (C=O) groups is 1. The summed E-state index contributed by atoms with van der Waals surface area (Å²) in [7, 11) is 0. The number of aryl methyl sites for hydroxylation is 1. The number of benzene rings is 2. The third-order valence-electron chi connectivity index (χ3n) is 3.18. The Morgan fingerprint density at radius 3 is 2.74 bits per heavy atom. The number of hydrogen-bond donors (Lipinski definition) is 1. The number of carbonyl (C=O) groups excluding carboxylic acids is 1. The van der Waals surface area contributed by atoms with Gasteiger partial charge in [-0.2, -0.15) is 0 Å². The Labute approximate surface area is 143 Å². The molecule has 0 unspecified atom stereocenters. The van der Waals surface area contributed by atoms with Crippen LogP contribution in [-0.2, 0) is 10.5 Å². The van der Waals surface area contributed by atoms with Gasteiger partial charge in [0, 0.05) is 17.5 Å². The second-order valence-corrected chi connectivity index (χ2v) is 6.28. The maximum absolute atomic E-state index is 11.9. The maximum Gasteiger partial charge on any atom is 0.289 e. The van der Waals surface area contributed by atoms with E-state index >= 15 is 0 Å². The zero-order valence-electron chi connectivity index (χ0n) is 12.4. The molecule has 2 aromatic carbocycles. The molecular weight excluding hydrogens is 336 g/mol. The lowest BCUT2D eigenvalue weighted by atomic mass is 10.1. The Kier molecular flexibility index (Phi) is 6.01. The summed E-state index contributed by atoms with van der Waals surface area (Å²) in [4.78, 5) is 22.2. The molecule has 0 saturated heterocycles. The Hall–Kier alpha value is -2.05. The molecule has 0 fully saturated rings. The first-order chi connectivity index (χ1) is 11.0. The van der Waals surface area contributed by atoms with Crippen LogP contribution in [-0.4, -0.2) is 16.6 Å². The number of nitrogens with zero attached hydrogens (tertiary/aromatic N) is 1. The van der Waals surface area contributed by atoms with E-state index in [-0.39, 0.29) is 22.4 Å². The van der Waals surface area contributed by atoms with Crippen molar-refractivity contribution in [2.24, 2.45) is 0 Å². The van der Waals surface area contributed by atoms with Gasteiger partial charge in [0.25, 0.3) is 5.69 Å². The van der Waals surface area contributed by atoms with Gasteiger partial charge in [-0.15, -0.1) is 11.8 Å². The van der Waals surface area contributed by atoms with E-state index in [2.05, 4.69) is 5.32 Å². The van der Waals surface area contributed by atoms with Crippen molar-refractivity contribution in [2.45, 2.75) is 12.7 Å². The molecule has 0 aliphatic carbocycles. The van der Waals surface area contributed by atoms with Gasteiger partial charge >= 0.3 is 0 Å². The molecule has 120 valence electrons. The number of rotatable bonds is 6. The topological polar surface area (TPSA) is 72.2 Å². The number of thioether (sulfide) groups is 1. The Morgan fingerprint density at radius 2 is 2.04 bits per heavy atom. The van der Waals surface area contributed by atoms with E-state index in [0.29, 0.717) is 5.69 Å². The highest BCUT2D eigenvalue weighted by Gasteiger charge is 2.13. The highest BCUT2D eigenvalue weighted by atomic mass is 35.5. The highest BCUT2D eigenvalue weighted by molar-refractivity contribution is 7.99. The molecule has 0 bridgehead atoms. The molecule has 0 atom stereocenters. The molecule has 1 N–H and O–H groups in total. The van der Waals surface area contributed by atoms with Gasteiger partial charge in [-0.25, -0.2) is 0 Å². The van der Waals surface area contributed by atoms with Crippen LogP contribution in [0, 0.1) is 17.0 Å². The monoisotopic (exact) mass is 350 g/mol. The second-order valence-electron chi connectivity index (χ2n) is 4.89. The molecule has 0 heterocycles. The lowest BCUT2D eigenvalue weighted by Gasteiger charge is -2.07. The number of nitro benzene ring substituents is 1. The molecule has 0 saturated carbocycles. The summed E-state index contributed by atoms with van der Waals surface area (Å²) < 4.78 is 0. The second kappa shape index (κ2) is 7.99. The van der Waals surface area contributed by atoms with Gasteiger partial charge in [0.15, 0.2) is 0 Å². The molecule has 0 aliphatic rings. The van der Waals surface area contributed by atoms with Crippen molar-refractivity contribution < 1.29 is 9.72 Å². The highest BCUT2D eigenvalue weighted by Crippen LogP contribution is 2.27. The van der Waals surface area contributed by atoms with E-state index in [9.17, 15) is 14.9 Å². The molecule has 0 aromatic heterocycles. The van der Waals surface area contributed by atoms with Crippen LogP contribution in [0.25, 0.3) is 0 Å². The van der Waals surface area contributed by atoms with Gasteiger partial charge in [-0.05, 0) is 30.2 Å². The molecule has 2 aromatic rings. The summed E-state index contributed by atoms with van der Waals surface area (Å²) >= 11 is 7.23. The van der Waals surface area contributed by atoms with Crippen molar-refractivity contribution in [3.8, 4) is 0 Å². The Morgan fingerprint density at radius 1 is 1.30 bits per heavy atom. The van der Waals surface area contributed by atoms with Crippen molar-refractivity contribution in [3.05, 3.63) is 68.7 Å². The van der Waals surface area contributed by atoms with Crippen molar-refractivity contribution >= 4 is 40.6 Å². The number of halogens is 1. The van der Waals surface area contributed by atoms with Crippen LogP contribution in [0.5, 0.6) is 0 Å². The van der Waals surface area contributed by atoms with E-state index in [0.717, 1.165) is 5.75 Å². The molecule has 0 aliphatic heterocycles. The number of anilines is 1. The Bertz CT molecular complexity index is 737. The molecule has 5 nitrogen and oxygen atoms in total. The fourth-order valence-corrected chi connectivity index (χ4v) is 3.04. The normalized spacial score (nSPS) is 10.3. The summed E-state index contributed by atoms with van der Waals surface area (Å²) in [6, 6.07) is 12.2. The minimum Gasteiger partial charge on any atom is -0.325 e. The molecule has 7 heteroatoms. The third kappa shape index (κ3) is 4.97. The lowest BCUT2D eigenvalue weighted by Crippen LogP contribution is -2.14. The van der Waals surface area contributed by atoms with Gasteiger partial charge in [0.1, 0.15) is 5.02 Å². The summed E-state index contributed by atoms with van der Waals surface area (Å²) in [5.74, 6) is 0.797. The summed E-state index contributed by atoms with van der Waals surface area (Å²) in [5, 5.41) is 13.5. The number of hydrogen-bond acceptors (Lipinski definition) is 4. The quantitative estimate of drug-likeness (QED) is 0.618. The summed E-state index contributed by atoms with van der Waals surface area (Å²) in [6.45, 7) is 2.03. The van der Waals surface area contributed by atoms with Crippen LogP contribution in [0.3, 0.4) is 0 Å². The largest absolute Gasteiger partial charge is 0.325 e. The van der Waals surface area contributed by atoms with E-state index in [1.807, 2.05) is 31.2 Å². The molecule has 0 radical (unpaired) electrons. The van der Waals surface area contributed by atoms with Crippen molar-refractivity contribution in [1.82, 2.24) is 0 Å². The van der Waals surface area contributed by atoms with Gasteiger partial charge < -0.3 is 5.32 Å². The minimum atomic E-state index is -0.578. The molecule has 2 rings (SSSR count). The zero-order chi connectivity index (χ0) is 16.8. The molecule has 23 heavy (non-hydrogen) atoms. The summed E-state index contributed by atoms with van der Waals surface area (Å²) in [5.41, 5.74) is 2.51. The van der Waals surface area contributed by atoms with Crippen LogP contribution in [0.4, 0.5) is 11.4 Å². The van der Waals surface area contributed by atoms with E-state index in [4.69, 9.17) is 11.6 Å². The first-order valence-electron chi connectivity index (χ1n) is 6.83. The number of nitro groups is 1. The average Bonchev–Trinajstić information content (AvgIpc) is 2.51. The predicted molar refractivity (Wildman–Crippen MR) is 94.1 cm³/mol. The first kappa shape index (κ1) is 17.3. The smallest absolute Gasteiger partial charge is 0.289 e. The van der Waals surface area contributed by atoms with Gasteiger partial charge in [-0.3, -0.25) is 14.9 Å². The third-order valence-corrected chi connectivity index (χ3v) is 4.48. The van der Waals surface area contributed by atoms with Gasteiger partial charge in [-0.1, -0.05) is 35.9 Å². The Balaban J connectivity index is 1.89. The molecular formula is C16H15ClN2O3S. The van der Waals surface area contributed by atoms with Crippen LogP contribution in [0.15, 0.2) is 42.5 Å². The fourth-order valence-electron chi connectivity index (χ4n) is 1.95. The standard InChI is InChI=1S/C16H15ClN2O3S/c1-11-4-2-3-5-12(11)9-23-10-16(20)18-13-6-7-14(17)15(8-13)19(21)22/h2-8H,9-10H2,1H3,(H,18,20). The van der Waals surface area contributed by atoms with E-state index in [1.54, 1.807) is 6.07 Å². The predicted octanol–water partition coefficient (Wildman–Crippen LogP) is 4.43. The first-order valence-corrected chi connectivity index (χ1v) is 8.36. The van der Waals surface area contributed by atoms with Crippen LogP contribution in [0.1, 0.15) is 11.1 Å². The fraction of sp³-hybridized carbons (Fsp3) is 0.188. The van der Waals surface area contributed by atoms with E-state index in [1.165, 1.54) is 35.0 Å². The van der Waals surface area contributed by atoms with Crippen molar-refractivity contribution in [2.75, 3.05) is 11.1 Å². The van der Waals surface area contributed by atoms with Crippen LogP contribution in [0.2, 0.25) is 5.02 Å². The number of amides is 1. The minimum absolute atomic E-state index is 0.0435. The summed E-state index contributed by atoms with van der Waals surface area (Å²) in [6.07, 6.45) is 0. The lowest BCUT2D eigenvalue weighted by molar-refractivity contribution is -0.384.